The van der Waals surface area contributed by atoms with Crippen molar-refractivity contribution >= 4 is 17.4 Å². The van der Waals surface area contributed by atoms with Gasteiger partial charge in [0.15, 0.2) is 17.3 Å². The van der Waals surface area contributed by atoms with Gasteiger partial charge in [0.25, 0.3) is 0 Å². The van der Waals surface area contributed by atoms with Gasteiger partial charge in [0.1, 0.15) is 5.71 Å². The van der Waals surface area contributed by atoms with E-state index in [1.54, 1.807) is 32.2 Å². The number of quaternary nitrogens is 1. The third kappa shape index (κ3) is 6.45. The van der Waals surface area contributed by atoms with E-state index in [1.807, 2.05) is 4.90 Å². The summed E-state index contributed by atoms with van der Waals surface area (Å²) in [6.45, 7) is 1.90. The van der Waals surface area contributed by atoms with Gasteiger partial charge in [-0.3, -0.25) is 15.3 Å². The smallest absolute Gasteiger partial charge is 0.383 e. The average Bonchev–Trinajstić information content (AvgIpc) is 3.69. The van der Waals surface area contributed by atoms with Crippen LogP contribution < -0.4 is 15.2 Å². The summed E-state index contributed by atoms with van der Waals surface area (Å²) in [5, 5.41) is 16.7. The molecule has 1 aromatic heterocycles. The monoisotopic (exact) mass is 604 g/mol. The number of methoxy groups -OCH3 is 1. The van der Waals surface area contributed by atoms with E-state index < -0.39 is 46.9 Å². The first-order valence-electron chi connectivity index (χ1n) is 13.6. The molecule has 9 nitrogen and oxygen atoms in total. The molecule has 5 rings (SSSR count). The van der Waals surface area contributed by atoms with E-state index in [-0.39, 0.29) is 17.2 Å². The fourth-order valence-corrected chi connectivity index (χ4v) is 5.68. The molecular formula is C29H31F5N7O2+. The third-order valence-corrected chi connectivity index (χ3v) is 7.64. The van der Waals surface area contributed by atoms with Crippen molar-refractivity contribution in [1.29, 1.82) is 0 Å². The molecule has 3 N–H and O–H groups in total. The molecule has 14 heteroatoms. The van der Waals surface area contributed by atoms with Crippen molar-refractivity contribution in [2.75, 3.05) is 39.9 Å². The number of hydrogen-bond acceptors (Lipinski definition) is 5. The number of halogens is 5. The second-order valence-electron chi connectivity index (χ2n) is 10.5. The highest BCUT2D eigenvalue weighted by Crippen LogP contribution is 2.40. The zero-order valence-electron chi connectivity index (χ0n) is 23.5. The number of alkyl halides is 3. The van der Waals surface area contributed by atoms with Gasteiger partial charge in [0.05, 0.1) is 24.4 Å². The maximum Gasteiger partial charge on any atom is 0.441 e. The predicted octanol–water partition coefficient (Wildman–Crippen LogP) is 4.62. The van der Waals surface area contributed by atoms with E-state index >= 15 is 0 Å². The van der Waals surface area contributed by atoms with Crippen molar-refractivity contribution in [2.45, 2.75) is 25.1 Å². The summed E-state index contributed by atoms with van der Waals surface area (Å²) >= 11 is 0. The second-order valence-corrected chi connectivity index (χ2v) is 10.5. The zero-order chi connectivity index (χ0) is 30.8. The molecule has 0 bridgehead atoms. The number of nitrogens with one attached hydrogen (secondary N) is 3. The minimum absolute atomic E-state index is 0.0733. The zero-order valence-corrected chi connectivity index (χ0v) is 23.5. The lowest BCUT2D eigenvalue weighted by Gasteiger charge is -2.31. The Morgan fingerprint density at radius 2 is 1.91 bits per heavy atom. The molecule has 2 amide bonds. The molecule has 3 atom stereocenters. The summed E-state index contributed by atoms with van der Waals surface area (Å²) in [5.41, 5.74) is 1.70. The fraction of sp³-hybridized carbons (Fsp3) is 0.345. The van der Waals surface area contributed by atoms with Gasteiger partial charge in [-0.15, -0.1) is 4.59 Å². The molecule has 0 spiro atoms. The molecule has 2 aliphatic heterocycles. The quantitative estimate of drug-likeness (QED) is 0.246. The standard InChI is InChI=1S/C29H30F5N7O2/c1-18-26(20-13-35-36-14-20)39-41(17-29(32,33)34,21-6-4-3-5-7-21)27(18)38-28(42)37-25-16-40(10-11-43-2)15-22(25)19-8-9-23(30)24(31)12-19/h3-9,12-14,22,25H,10-11,15-17H2,1-2H3,(H2-,35,36,37,38,39,42)/p+1/t22-,25+,41?/m0/s1. The van der Waals surface area contributed by atoms with Gasteiger partial charge >= 0.3 is 12.2 Å². The third-order valence-electron chi connectivity index (χ3n) is 7.64. The summed E-state index contributed by atoms with van der Waals surface area (Å²) < 4.78 is 74.5. The van der Waals surface area contributed by atoms with Gasteiger partial charge in [-0.05, 0) is 24.6 Å². The van der Waals surface area contributed by atoms with Crippen LogP contribution in [0.5, 0.6) is 0 Å². The van der Waals surface area contributed by atoms with Crippen LogP contribution in [-0.2, 0) is 4.74 Å². The minimum atomic E-state index is -4.67. The summed E-state index contributed by atoms with van der Waals surface area (Å²) in [6, 6.07) is 10.2. The predicted molar refractivity (Wildman–Crippen MR) is 150 cm³/mol. The molecule has 1 unspecified atom stereocenters. The summed E-state index contributed by atoms with van der Waals surface area (Å²) in [6.07, 6.45) is -1.71. The molecule has 0 radical (unpaired) electrons. The lowest BCUT2D eigenvalue weighted by molar-refractivity contribution is -0.140. The molecular weight excluding hydrogens is 573 g/mol. The van der Waals surface area contributed by atoms with Crippen LogP contribution in [0.1, 0.15) is 24.0 Å². The van der Waals surface area contributed by atoms with Crippen LogP contribution in [-0.4, -0.2) is 79.0 Å². The topological polar surface area (TPSA) is 94.6 Å². The lowest BCUT2D eigenvalue weighted by Crippen LogP contribution is -2.55. The largest absolute Gasteiger partial charge is 0.441 e. The van der Waals surface area contributed by atoms with Crippen LogP contribution >= 0.6 is 0 Å². The maximum atomic E-state index is 14.2. The molecule has 1 saturated heterocycles. The number of ether oxygens (including phenoxy) is 1. The van der Waals surface area contributed by atoms with Crippen molar-refractivity contribution in [3.8, 4) is 0 Å². The molecule has 228 valence electrons. The molecule has 2 aliphatic rings. The van der Waals surface area contributed by atoms with Gasteiger partial charge < -0.3 is 10.1 Å². The van der Waals surface area contributed by atoms with Crippen LogP contribution in [0.3, 0.4) is 0 Å². The van der Waals surface area contributed by atoms with Crippen LogP contribution in [0.4, 0.5) is 32.4 Å². The van der Waals surface area contributed by atoms with Crippen molar-refractivity contribution in [3.63, 3.8) is 0 Å². The number of H-pyrrole nitrogens is 1. The van der Waals surface area contributed by atoms with Crippen LogP contribution in [0.25, 0.3) is 0 Å². The van der Waals surface area contributed by atoms with Crippen LogP contribution in [0.15, 0.2) is 77.4 Å². The Labute approximate surface area is 244 Å². The number of nitrogens with zero attached hydrogens (tertiary/aromatic N) is 4. The SMILES string of the molecule is COCCN1C[C@@H](NC(=O)NC2=C(C)C(c3cn[nH]c3)=N[N+]2(CC(F)(F)F)c2ccccc2)[C@H](c2ccc(F)c(F)c2)C1. The van der Waals surface area contributed by atoms with Gasteiger partial charge in [0.2, 0.25) is 12.4 Å². The molecule has 0 saturated carbocycles. The number of urea groups is 1. The van der Waals surface area contributed by atoms with Gasteiger partial charge in [-0.1, -0.05) is 29.4 Å². The highest BCUT2D eigenvalue weighted by Gasteiger charge is 2.53. The summed E-state index contributed by atoms with van der Waals surface area (Å²) in [5.74, 6) is -2.49. The first-order chi connectivity index (χ1) is 20.5. The second kappa shape index (κ2) is 12.2. The van der Waals surface area contributed by atoms with E-state index in [0.717, 1.165) is 12.1 Å². The number of carbonyl (C=O) groups is 1. The number of amides is 2. The molecule has 3 heterocycles. The van der Waals surface area contributed by atoms with E-state index in [1.165, 1.54) is 30.6 Å². The summed E-state index contributed by atoms with van der Waals surface area (Å²) in [4.78, 5) is 15.6. The number of aromatic amines is 1. The minimum Gasteiger partial charge on any atom is -0.383 e. The van der Waals surface area contributed by atoms with Crippen LogP contribution in [0, 0.1) is 11.6 Å². The number of carbonyl (C=O) groups excluding carboxylic acids is 1. The summed E-state index contributed by atoms with van der Waals surface area (Å²) in [7, 11) is 1.56. The molecule has 0 aliphatic carbocycles. The normalized spacial score (nSPS) is 22.6. The molecule has 1 fully saturated rings. The lowest BCUT2D eigenvalue weighted by atomic mass is 9.94. The number of benzene rings is 2. The Morgan fingerprint density at radius 1 is 1.14 bits per heavy atom. The number of para-hydroxylation sites is 1. The number of allylic oxidation sites excluding steroid dienone is 1. The number of likely N-dealkylation sites (tertiary alicyclic amines) is 1. The Hall–Kier alpha value is -4.14. The van der Waals surface area contributed by atoms with Gasteiger partial charge in [-0.25, -0.2) is 13.6 Å². The Bertz CT molecular complexity index is 1510. The van der Waals surface area contributed by atoms with E-state index in [4.69, 9.17) is 4.74 Å². The molecule has 43 heavy (non-hydrogen) atoms. The van der Waals surface area contributed by atoms with Gasteiger partial charge in [-0.2, -0.15) is 18.3 Å². The van der Waals surface area contributed by atoms with Crippen molar-refractivity contribution in [1.82, 2.24) is 30.3 Å². The van der Waals surface area contributed by atoms with E-state index in [2.05, 4.69) is 25.9 Å². The Morgan fingerprint density at radius 3 is 2.56 bits per heavy atom. The Balaban J connectivity index is 1.48. The van der Waals surface area contributed by atoms with Gasteiger partial charge in [0, 0.05) is 56.6 Å². The molecule has 2 aromatic carbocycles. The Kier molecular flexibility index (Phi) is 8.62. The number of hydrogen-bond donors (Lipinski definition) is 3. The fourth-order valence-electron chi connectivity index (χ4n) is 5.68. The number of aromatic nitrogens is 2. The van der Waals surface area contributed by atoms with Crippen molar-refractivity contribution in [2.24, 2.45) is 5.10 Å². The van der Waals surface area contributed by atoms with Crippen molar-refractivity contribution in [3.05, 3.63) is 95.1 Å². The highest BCUT2D eigenvalue weighted by molar-refractivity contribution is 6.14. The highest BCUT2D eigenvalue weighted by atomic mass is 19.4. The van der Waals surface area contributed by atoms with E-state index in [9.17, 15) is 26.7 Å². The van der Waals surface area contributed by atoms with E-state index in [0.29, 0.717) is 42.9 Å². The molecule has 3 aromatic rings. The number of rotatable bonds is 9. The van der Waals surface area contributed by atoms with Crippen LogP contribution in [0.2, 0.25) is 0 Å². The first-order valence-corrected chi connectivity index (χ1v) is 13.6. The maximum absolute atomic E-state index is 14.2. The van der Waals surface area contributed by atoms with Crippen molar-refractivity contribution < 1.29 is 31.5 Å². The first kappa shape index (κ1) is 30.3. The average molecular weight is 605 g/mol.